The first-order valence-corrected chi connectivity index (χ1v) is 3.90. The zero-order valence-corrected chi connectivity index (χ0v) is 7.44. The van der Waals surface area contributed by atoms with E-state index in [1.165, 1.54) is 6.07 Å². The van der Waals surface area contributed by atoms with Gasteiger partial charge in [0, 0.05) is 4.47 Å². The quantitative estimate of drug-likeness (QED) is 0.535. The summed E-state index contributed by atoms with van der Waals surface area (Å²) in [7, 11) is 3.29. The number of benzene rings is 1. The molecule has 0 saturated carbocycles. The van der Waals surface area contributed by atoms with Crippen LogP contribution >= 0.6 is 15.9 Å². The molecule has 0 amide bonds. The summed E-state index contributed by atoms with van der Waals surface area (Å²) in [5.41, 5.74) is 0.572. The van der Waals surface area contributed by atoms with Crippen LogP contribution in [0.2, 0.25) is 0 Å². The third-order valence-electron chi connectivity index (χ3n) is 1.30. The maximum atomic E-state index is 12.9. The SMILES string of the molecule is [CH2-][OH+]Cc1ccc(Br)cc1F. The predicted octanol–water partition coefficient (Wildman–Crippen LogP) is 2.41. The summed E-state index contributed by atoms with van der Waals surface area (Å²) in [5.74, 6) is -0.244. The van der Waals surface area contributed by atoms with Crippen molar-refractivity contribution >= 4 is 15.9 Å². The van der Waals surface area contributed by atoms with Crippen LogP contribution in [0.4, 0.5) is 4.39 Å². The van der Waals surface area contributed by atoms with Gasteiger partial charge in [0.15, 0.2) is 0 Å². The van der Waals surface area contributed by atoms with E-state index < -0.39 is 0 Å². The van der Waals surface area contributed by atoms with Gasteiger partial charge in [-0.2, -0.15) is 0 Å². The molecule has 0 unspecified atom stereocenters. The first-order chi connectivity index (χ1) is 5.24. The lowest BCUT2D eigenvalue weighted by Crippen LogP contribution is -1.93. The Bertz CT molecular complexity index is 250. The van der Waals surface area contributed by atoms with Crippen molar-refractivity contribution in [1.29, 1.82) is 0 Å². The van der Waals surface area contributed by atoms with Crippen molar-refractivity contribution in [1.82, 2.24) is 0 Å². The van der Waals surface area contributed by atoms with Gasteiger partial charge in [-0.1, -0.05) is 23.0 Å². The molecule has 0 heterocycles. The standard InChI is InChI=1S/C8H8BrFO/c1-11-5-6-2-3-7(9)4-8(6)10/h2-4,11H,1,5H2. The second-order valence-electron chi connectivity index (χ2n) is 2.12. The molecule has 0 aromatic heterocycles. The highest BCUT2D eigenvalue weighted by molar-refractivity contribution is 9.10. The summed E-state index contributed by atoms with van der Waals surface area (Å²) in [6.07, 6.45) is 0. The van der Waals surface area contributed by atoms with Crippen LogP contribution in [-0.4, -0.2) is 4.74 Å². The van der Waals surface area contributed by atoms with Crippen molar-refractivity contribution in [2.45, 2.75) is 6.61 Å². The van der Waals surface area contributed by atoms with Crippen LogP contribution in [0, 0.1) is 12.9 Å². The Balaban J connectivity index is 2.90. The van der Waals surface area contributed by atoms with Crippen molar-refractivity contribution in [2.24, 2.45) is 0 Å². The van der Waals surface area contributed by atoms with E-state index in [1.54, 1.807) is 12.1 Å². The number of hydrogen-bond acceptors (Lipinski definition) is 0. The lowest BCUT2D eigenvalue weighted by Gasteiger charge is -2.01. The number of ether oxygens (including phenoxy) is 1. The molecule has 1 N–H and O–H groups in total. The van der Waals surface area contributed by atoms with Gasteiger partial charge < -0.3 is 4.74 Å². The fourth-order valence-electron chi connectivity index (χ4n) is 0.770. The molecular formula is C8H8BrFO. The highest BCUT2D eigenvalue weighted by atomic mass is 79.9. The molecular weight excluding hydrogens is 211 g/mol. The Labute approximate surface area is 73.3 Å². The lowest BCUT2D eigenvalue weighted by atomic mass is 10.2. The van der Waals surface area contributed by atoms with Crippen LogP contribution in [0.5, 0.6) is 0 Å². The van der Waals surface area contributed by atoms with Gasteiger partial charge >= 0.3 is 0 Å². The number of halogens is 2. The summed E-state index contributed by atoms with van der Waals surface area (Å²) >= 11 is 3.16. The van der Waals surface area contributed by atoms with E-state index in [0.717, 1.165) is 4.47 Å². The third-order valence-corrected chi connectivity index (χ3v) is 1.79. The highest BCUT2D eigenvalue weighted by Gasteiger charge is 2.01. The van der Waals surface area contributed by atoms with Crippen LogP contribution in [0.1, 0.15) is 5.56 Å². The largest absolute Gasteiger partial charge is 0.578 e. The Morgan fingerprint density at radius 3 is 2.82 bits per heavy atom. The minimum absolute atomic E-state index is 0.244. The molecule has 60 valence electrons. The van der Waals surface area contributed by atoms with Crippen LogP contribution in [-0.2, 0) is 6.61 Å². The molecule has 0 aliphatic heterocycles. The minimum atomic E-state index is -0.244. The molecule has 0 radical (unpaired) electrons. The maximum Gasteiger partial charge on any atom is 0.148 e. The fraction of sp³-hybridized carbons (Fsp3) is 0.125. The van der Waals surface area contributed by atoms with E-state index in [-0.39, 0.29) is 5.82 Å². The summed E-state index contributed by atoms with van der Waals surface area (Å²) < 4.78 is 17.2. The second-order valence-corrected chi connectivity index (χ2v) is 3.03. The molecule has 3 heteroatoms. The summed E-state index contributed by atoms with van der Waals surface area (Å²) in [4.78, 5) is 0. The van der Waals surface area contributed by atoms with E-state index in [2.05, 4.69) is 27.8 Å². The fourth-order valence-corrected chi connectivity index (χ4v) is 1.10. The van der Waals surface area contributed by atoms with Crippen LogP contribution < -0.4 is 0 Å². The van der Waals surface area contributed by atoms with Gasteiger partial charge in [-0.05, 0) is 18.2 Å². The minimum Gasteiger partial charge on any atom is -0.578 e. The van der Waals surface area contributed by atoms with Crippen molar-refractivity contribution in [3.63, 3.8) is 0 Å². The monoisotopic (exact) mass is 218 g/mol. The van der Waals surface area contributed by atoms with Gasteiger partial charge in [-0.3, -0.25) is 0 Å². The van der Waals surface area contributed by atoms with E-state index >= 15 is 0 Å². The van der Waals surface area contributed by atoms with Gasteiger partial charge in [0.25, 0.3) is 0 Å². The molecule has 1 aromatic rings. The smallest absolute Gasteiger partial charge is 0.148 e. The summed E-state index contributed by atoms with van der Waals surface area (Å²) in [6, 6.07) is 4.89. The molecule has 0 aliphatic carbocycles. The first kappa shape index (κ1) is 8.68. The average molecular weight is 219 g/mol. The van der Waals surface area contributed by atoms with Crippen molar-refractivity contribution in [2.75, 3.05) is 0 Å². The Hall–Kier alpha value is -0.410. The van der Waals surface area contributed by atoms with Crippen molar-refractivity contribution in [3.8, 4) is 0 Å². The first-order valence-electron chi connectivity index (χ1n) is 3.10. The molecule has 11 heavy (non-hydrogen) atoms. The van der Waals surface area contributed by atoms with Gasteiger partial charge in [0.05, 0.1) is 5.56 Å². The van der Waals surface area contributed by atoms with Gasteiger partial charge in [-0.15, -0.1) is 0 Å². The molecule has 1 aromatic carbocycles. The lowest BCUT2D eigenvalue weighted by molar-refractivity contribution is 0.0381. The summed E-state index contributed by atoms with van der Waals surface area (Å²) in [5, 5.41) is 0. The number of rotatable bonds is 2. The van der Waals surface area contributed by atoms with E-state index in [1.807, 2.05) is 0 Å². The molecule has 0 aliphatic rings. The zero-order valence-electron chi connectivity index (χ0n) is 5.85. The Kier molecular flexibility index (Phi) is 3.02. The van der Waals surface area contributed by atoms with Crippen LogP contribution in [0.25, 0.3) is 0 Å². The van der Waals surface area contributed by atoms with Gasteiger partial charge in [0.1, 0.15) is 12.4 Å². The third kappa shape index (κ3) is 2.27. The molecule has 0 spiro atoms. The van der Waals surface area contributed by atoms with Crippen molar-refractivity contribution in [3.05, 3.63) is 41.2 Å². The predicted molar refractivity (Wildman–Crippen MR) is 45.4 cm³/mol. The zero-order chi connectivity index (χ0) is 8.27. The number of hydrogen-bond donors (Lipinski definition) is 0. The molecule has 1 nitrogen and oxygen atoms in total. The normalized spacial score (nSPS) is 10.1. The second kappa shape index (κ2) is 3.83. The van der Waals surface area contributed by atoms with E-state index in [4.69, 9.17) is 0 Å². The van der Waals surface area contributed by atoms with E-state index in [9.17, 15) is 4.39 Å². The summed E-state index contributed by atoms with van der Waals surface area (Å²) in [6.45, 7) is 0.332. The number of aliphatic hydroxyl groups is 2. The Morgan fingerprint density at radius 2 is 2.27 bits per heavy atom. The van der Waals surface area contributed by atoms with E-state index in [0.29, 0.717) is 12.2 Å². The molecule has 0 saturated heterocycles. The Morgan fingerprint density at radius 1 is 1.55 bits per heavy atom. The van der Waals surface area contributed by atoms with Crippen molar-refractivity contribution < 1.29 is 9.13 Å². The molecule has 0 bridgehead atoms. The van der Waals surface area contributed by atoms with Crippen LogP contribution in [0.15, 0.2) is 22.7 Å². The molecule has 0 fully saturated rings. The molecule has 1 rings (SSSR count). The van der Waals surface area contributed by atoms with Crippen LogP contribution in [0.3, 0.4) is 0 Å². The maximum absolute atomic E-state index is 12.9. The average Bonchev–Trinajstić information content (AvgIpc) is 1.95. The molecule has 0 atom stereocenters. The highest BCUT2D eigenvalue weighted by Crippen LogP contribution is 2.15. The topological polar surface area (TPSA) is 12.8 Å². The van der Waals surface area contributed by atoms with Gasteiger partial charge in [0.2, 0.25) is 0 Å². The van der Waals surface area contributed by atoms with Gasteiger partial charge in [-0.25, -0.2) is 4.39 Å².